The zero-order valence-corrected chi connectivity index (χ0v) is 22.8. The van der Waals surface area contributed by atoms with Gasteiger partial charge in [-0.25, -0.2) is 14.8 Å². The zero-order valence-electron chi connectivity index (χ0n) is 22.0. The van der Waals surface area contributed by atoms with Gasteiger partial charge in [0, 0.05) is 42.8 Å². The molecular formula is C29H33N5O3S. The van der Waals surface area contributed by atoms with Crippen molar-refractivity contribution in [2.24, 2.45) is 0 Å². The Hall–Kier alpha value is -3.53. The smallest absolute Gasteiger partial charge is 0.407 e. The minimum Gasteiger partial charge on any atom is -0.444 e. The number of hydrogen-bond donors (Lipinski definition) is 2. The Morgan fingerprint density at radius 2 is 1.76 bits per heavy atom. The average molecular weight is 532 g/mol. The first-order chi connectivity index (χ1) is 18.3. The fraction of sp³-hybridized carbons (Fsp3) is 0.345. The van der Waals surface area contributed by atoms with Crippen molar-refractivity contribution in [2.45, 2.75) is 39.5 Å². The van der Waals surface area contributed by atoms with Gasteiger partial charge in [-0.15, -0.1) is 11.3 Å². The van der Waals surface area contributed by atoms with E-state index >= 15 is 0 Å². The number of carbonyl (C=O) groups is 1. The molecule has 0 unspecified atom stereocenters. The third kappa shape index (κ3) is 6.86. The van der Waals surface area contributed by atoms with E-state index < -0.39 is 11.7 Å². The molecule has 38 heavy (non-hydrogen) atoms. The number of nitrogens with one attached hydrogen (secondary N) is 2. The normalized spacial score (nSPS) is 14.4. The summed E-state index contributed by atoms with van der Waals surface area (Å²) in [6.07, 6.45) is 1.44. The summed E-state index contributed by atoms with van der Waals surface area (Å²) in [6.45, 7) is 10.4. The first-order valence-electron chi connectivity index (χ1n) is 12.8. The lowest BCUT2D eigenvalue weighted by atomic mass is 10.1. The Morgan fingerprint density at radius 1 is 1.05 bits per heavy atom. The largest absolute Gasteiger partial charge is 0.444 e. The molecular weight excluding hydrogens is 498 g/mol. The Morgan fingerprint density at radius 3 is 2.47 bits per heavy atom. The van der Waals surface area contributed by atoms with E-state index in [1.165, 1.54) is 5.56 Å². The van der Waals surface area contributed by atoms with Gasteiger partial charge in [0.05, 0.1) is 29.6 Å². The quantitative estimate of drug-likeness (QED) is 0.304. The number of alkyl carbamates (subject to hydrolysis) is 1. The molecule has 2 aromatic carbocycles. The SMILES string of the molecule is CC(C)(C)OC(=O)NCc1ccc(-c2csc3cnc(Nc4ccc(CN5CCOCC5)cc4)nc23)cc1. The van der Waals surface area contributed by atoms with Gasteiger partial charge in [-0.05, 0) is 49.6 Å². The maximum Gasteiger partial charge on any atom is 0.407 e. The first-order valence-corrected chi connectivity index (χ1v) is 13.7. The van der Waals surface area contributed by atoms with Gasteiger partial charge in [-0.2, -0.15) is 0 Å². The molecule has 5 rings (SSSR count). The molecule has 8 nitrogen and oxygen atoms in total. The van der Waals surface area contributed by atoms with E-state index in [4.69, 9.17) is 14.5 Å². The Labute approximate surface area is 227 Å². The van der Waals surface area contributed by atoms with E-state index in [1.54, 1.807) is 11.3 Å². The van der Waals surface area contributed by atoms with Crippen molar-refractivity contribution in [1.82, 2.24) is 20.2 Å². The lowest BCUT2D eigenvalue weighted by Crippen LogP contribution is -2.35. The number of rotatable bonds is 7. The molecule has 1 saturated heterocycles. The number of amides is 1. The van der Waals surface area contributed by atoms with Gasteiger partial charge >= 0.3 is 6.09 Å². The van der Waals surface area contributed by atoms with E-state index in [0.29, 0.717) is 12.5 Å². The van der Waals surface area contributed by atoms with Crippen molar-refractivity contribution in [3.63, 3.8) is 0 Å². The standard InChI is InChI=1S/C29H33N5O3S/c1-29(2,3)37-28(35)31-16-20-4-8-22(9-5-20)24-19-38-25-17-30-27(33-26(24)25)32-23-10-6-21(7-11-23)18-34-12-14-36-15-13-34/h4-11,17,19H,12-16,18H2,1-3H3,(H,31,35)(H,30,32,33). The topological polar surface area (TPSA) is 88.6 Å². The Bertz CT molecular complexity index is 1370. The molecule has 1 fully saturated rings. The van der Waals surface area contributed by atoms with Crippen molar-refractivity contribution in [3.8, 4) is 11.1 Å². The van der Waals surface area contributed by atoms with Crippen LogP contribution in [0.25, 0.3) is 21.3 Å². The predicted molar refractivity (Wildman–Crippen MR) is 152 cm³/mol. The van der Waals surface area contributed by atoms with Crippen molar-refractivity contribution < 1.29 is 14.3 Å². The molecule has 2 aromatic heterocycles. The lowest BCUT2D eigenvalue weighted by Gasteiger charge is -2.26. The summed E-state index contributed by atoms with van der Waals surface area (Å²) in [5, 5.41) is 8.25. The van der Waals surface area contributed by atoms with Crippen LogP contribution in [0, 0.1) is 0 Å². The van der Waals surface area contributed by atoms with Crippen LogP contribution in [0.2, 0.25) is 0 Å². The molecule has 1 amide bonds. The maximum atomic E-state index is 11.9. The minimum absolute atomic E-state index is 0.404. The van der Waals surface area contributed by atoms with Gasteiger partial charge in [0.25, 0.3) is 0 Å². The van der Waals surface area contributed by atoms with Crippen molar-refractivity contribution in [3.05, 3.63) is 71.2 Å². The number of aromatic nitrogens is 2. The number of fused-ring (bicyclic) bond motifs is 1. The van der Waals surface area contributed by atoms with Gasteiger partial charge in [0.1, 0.15) is 5.60 Å². The molecule has 0 saturated carbocycles. The summed E-state index contributed by atoms with van der Waals surface area (Å²) in [6, 6.07) is 16.6. The van der Waals surface area contributed by atoms with Gasteiger partial charge in [-0.1, -0.05) is 36.4 Å². The van der Waals surface area contributed by atoms with Crippen LogP contribution in [-0.4, -0.2) is 52.9 Å². The van der Waals surface area contributed by atoms with Gasteiger partial charge in [0.15, 0.2) is 0 Å². The van der Waals surface area contributed by atoms with Crippen molar-refractivity contribution >= 4 is 39.3 Å². The number of thiophene rings is 1. The van der Waals surface area contributed by atoms with E-state index in [0.717, 1.165) is 65.4 Å². The maximum absolute atomic E-state index is 11.9. The number of morpholine rings is 1. The van der Waals surface area contributed by atoms with Gasteiger partial charge in [0.2, 0.25) is 5.95 Å². The molecule has 1 aliphatic heterocycles. The number of nitrogens with zero attached hydrogens (tertiary/aromatic N) is 3. The predicted octanol–water partition coefficient (Wildman–Crippen LogP) is 5.96. The highest BCUT2D eigenvalue weighted by Gasteiger charge is 2.16. The summed E-state index contributed by atoms with van der Waals surface area (Å²) in [7, 11) is 0. The van der Waals surface area contributed by atoms with Crippen LogP contribution in [-0.2, 0) is 22.6 Å². The summed E-state index contributed by atoms with van der Waals surface area (Å²) < 4.78 is 11.8. The molecule has 0 atom stereocenters. The van der Waals surface area contributed by atoms with Crippen LogP contribution in [0.5, 0.6) is 0 Å². The molecule has 4 aromatic rings. The van der Waals surface area contributed by atoms with Crippen LogP contribution in [0.4, 0.5) is 16.4 Å². The zero-order chi connectivity index (χ0) is 26.5. The first kappa shape index (κ1) is 26.1. The van der Waals surface area contributed by atoms with Crippen LogP contribution in [0.3, 0.4) is 0 Å². The minimum atomic E-state index is -0.518. The second-order valence-corrected chi connectivity index (χ2v) is 11.2. The second kappa shape index (κ2) is 11.5. The third-order valence-electron chi connectivity index (χ3n) is 6.13. The highest BCUT2D eigenvalue weighted by atomic mass is 32.1. The van der Waals surface area contributed by atoms with Crippen molar-refractivity contribution in [1.29, 1.82) is 0 Å². The number of ether oxygens (including phenoxy) is 2. The number of hydrogen-bond acceptors (Lipinski definition) is 8. The summed E-state index contributed by atoms with van der Waals surface area (Å²) >= 11 is 1.63. The monoisotopic (exact) mass is 531 g/mol. The third-order valence-corrected chi connectivity index (χ3v) is 7.04. The molecule has 1 aliphatic rings. The number of anilines is 2. The van der Waals surface area contributed by atoms with Gasteiger partial charge < -0.3 is 20.1 Å². The van der Waals surface area contributed by atoms with E-state index in [-0.39, 0.29) is 0 Å². The molecule has 0 radical (unpaired) electrons. The highest BCUT2D eigenvalue weighted by Crippen LogP contribution is 2.33. The molecule has 3 heterocycles. The van der Waals surface area contributed by atoms with Crippen LogP contribution in [0.1, 0.15) is 31.9 Å². The van der Waals surface area contributed by atoms with Crippen LogP contribution < -0.4 is 10.6 Å². The number of carbonyl (C=O) groups excluding carboxylic acids is 1. The second-order valence-electron chi connectivity index (χ2n) is 10.3. The molecule has 0 aliphatic carbocycles. The fourth-order valence-electron chi connectivity index (χ4n) is 4.22. The molecule has 9 heteroatoms. The average Bonchev–Trinajstić information content (AvgIpc) is 3.32. The lowest BCUT2D eigenvalue weighted by molar-refractivity contribution is 0.0342. The van der Waals surface area contributed by atoms with E-state index in [9.17, 15) is 4.79 Å². The number of benzene rings is 2. The van der Waals surface area contributed by atoms with E-state index in [1.807, 2.05) is 39.1 Å². The fourth-order valence-corrected chi connectivity index (χ4v) is 5.10. The molecule has 0 bridgehead atoms. The summed E-state index contributed by atoms with van der Waals surface area (Å²) in [5.41, 5.74) is 5.74. The highest BCUT2D eigenvalue weighted by molar-refractivity contribution is 7.17. The van der Waals surface area contributed by atoms with Crippen LogP contribution >= 0.6 is 11.3 Å². The summed E-state index contributed by atoms with van der Waals surface area (Å²) in [5.74, 6) is 0.566. The Kier molecular flexibility index (Phi) is 7.87. The Balaban J connectivity index is 1.24. The van der Waals surface area contributed by atoms with Crippen LogP contribution in [0.15, 0.2) is 60.1 Å². The van der Waals surface area contributed by atoms with E-state index in [2.05, 4.69) is 62.3 Å². The molecule has 2 N–H and O–H groups in total. The summed E-state index contributed by atoms with van der Waals surface area (Å²) in [4.78, 5) is 23.7. The molecule has 198 valence electrons. The van der Waals surface area contributed by atoms with Gasteiger partial charge in [-0.3, -0.25) is 4.90 Å². The molecule has 0 spiro atoms. The van der Waals surface area contributed by atoms with Crippen molar-refractivity contribution in [2.75, 3.05) is 31.6 Å².